The van der Waals surface area contributed by atoms with Crippen molar-refractivity contribution in [3.05, 3.63) is 90.3 Å². The molecule has 1 aromatic heterocycles. The molecule has 4 rings (SSSR count). The summed E-state index contributed by atoms with van der Waals surface area (Å²) in [6.45, 7) is 0. The van der Waals surface area contributed by atoms with Gasteiger partial charge in [0.15, 0.2) is 5.82 Å². The second-order valence-corrected chi connectivity index (χ2v) is 7.98. The molecular weight excluding hydrogens is 422 g/mol. The third kappa shape index (κ3) is 5.09. The Balaban J connectivity index is 1.38. The fourth-order valence-electron chi connectivity index (χ4n) is 3.23. The number of carbonyl (C=O) groups is 1. The largest absolute Gasteiger partial charge is 0.497 e. The average molecular weight is 446 g/mol. The number of para-hydroxylation sites is 1. The monoisotopic (exact) mass is 445 g/mol. The summed E-state index contributed by atoms with van der Waals surface area (Å²) in [6.07, 6.45) is 0.532. The van der Waals surface area contributed by atoms with Crippen molar-refractivity contribution in [1.82, 2.24) is 14.9 Å². The van der Waals surface area contributed by atoms with E-state index in [0.29, 0.717) is 17.4 Å². The van der Waals surface area contributed by atoms with Crippen LogP contribution in [-0.4, -0.2) is 33.6 Å². The van der Waals surface area contributed by atoms with Crippen molar-refractivity contribution < 1.29 is 9.53 Å². The van der Waals surface area contributed by atoms with Gasteiger partial charge in [-0.2, -0.15) is 0 Å². The van der Waals surface area contributed by atoms with Crippen LogP contribution in [0.5, 0.6) is 5.75 Å². The number of carbonyl (C=O) groups excluding carboxylic acids is 1. The van der Waals surface area contributed by atoms with Gasteiger partial charge in [-0.1, -0.05) is 72.4 Å². The van der Waals surface area contributed by atoms with Gasteiger partial charge in [0.1, 0.15) is 5.75 Å². The van der Waals surface area contributed by atoms with Gasteiger partial charge in [-0.3, -0.25) is 4.79 Å². The third-order valence-corrected chi connectivity index (χ3v) is 5.82. The number of thioether (sulfide) groups is 1. The third-order valence-electron chi connectivity index (χ3n) is 4.87. The summed E-state index contributed by atoms with van der Waals surface area (Å²) >= 11 is 1.25. The Bertz CT molecular complexity index is 1190. The molecule has 0 saturated carbocycles. The van der Waals surface area contributed by atoms with Gasteiger partial charge >= 0.3 is 0 Å². The van der Waals surface area contributed by atoms with Crippen LogP contribution >= 0.6 is 11.8 Å². The van der Waals surface area contributed by atoms with Crippen molar-refractivity contribution in [2.24, 2.45) is 0 Å². The van der Waals surface area contributed by atoms with Gasteiger partial charge in [-0.25, -0.2) is 4.68 Å². The predicted molar refractivity (Wildman–Crippen MR) is 127 cm³/mol. The smallest absolute Gasteiger partial charge is 0.234 e. The summed E-state index contributed by atoms with van der Waals surface area (Å²) in [7, 11) is 1.63. The number of aromatic nitrogens is 3. The van der Waals surface area contributed by atoms with Crippen molar-refractivity contribution in [2.45, 2.75) is 11.6 Å². The van der Waals surface area contributed by atoms with E-state index in [1.165, 1.54) is 16.4 Å². The average Bonchev–Trinajstić information content (AvgIpc) is 3.18. The summed E-state index contributed by atoms with van der Waals surface area (Å²) in [6, 6.07) is 25.4. The maximum atomic E-state index is 12.6. The fraction of sp³-hybridized carbons (Fsp3) is 0.125. The molecule has 3 N–H and O–H groups in total. The zero-order valence-corrected chi connectivity index (χ0v) is 18.4. The summed E-state index contributed by atoms with van der Waals surface area (Å²) in [4.78, 5) is 12.6. The van der Waals surface area contributed by atoms with Gasteiger partial charge < -0.3 is 15.9 Å². The first-order chi connectivity index (χ1) is 15.6. The van der Waals surface area contributed by atoms with Crippen LogP contribution in [0.3, 0.4) is 0 Å². The molecule has 0 radical (unpaired) electrons. The van der Waals surface area contributed by atoms with E-state index >= 15 is 0 Å². The Hall–Kier alpha value is -3.78. The minimum absolute atomic E-state index is 0.141. The van der Waals surface area contributed by atoms with Crippen LogP contribution in [0.25, 0.3) is 11.1 Å². The molecule has 0 aliphatic rings. The number of anilines is 1. The number of nitrogen functional groups attached to an aromatic ring is 1. The van der Waals surface area contributed by atoms with E-state index in [0.717, 1.165) is 28.1 Å². The molecule has 162 valence electrons. The highest BCUT2D eigenvalue weighted by molar-refractivity contribution is 7.99. The lowest BCUT2D eigenvalue weighted by Crippen LogP contribution is -2.17. The SMILES string of the molecule is COc1ccc(Cc2nnc(SCC(=O)Nc3ccccc3-c3ccccc3)n2N)cc1. The van der Waals surface area contributed by atoms with Gasteiger partial charge in [0.25, 0.3) is 0 Å². The van der Waals surface area contributed by atoms with E-state index in [1.807, 2.05) is 78.9 Å². The van der Waals surface area contributed by atoms with Gasteiger partial charge in [0, 0.05) is 17.7 Å². The summed E-state index contributed by atoms with van der Waals surface area (Å²) in [5.74, 6) is 7.60. The summed E-state index contributed by atoms with van der Waals surface area (Å²) in [5, 5.41) is 11.8. The van der Waals surface area contributed by atoms with E-state index in [2.05, 4.69) is 15.5 Å². The second kappa shape index (κ2) is 10.0. The Morgan fingerprint density at radius 3 is 2.47 bits per heavy atom. The topological polar surface area (TPSA) is 95.1 Å². The molecule has 4 aromatic rings. The molecule has 7 nitrogen and oxygen atoms in total. The highest BCUT2D eigenvalue weighted by Crippen LogP contribution is 2.28. The zero-order chi connectivity index (χ0) is 22.3. The quantitative estimate of drug-likeness (QED) is 0.315. The minimum Gasteiger partial charge on any atom is -0.497 e. The van der Waals surface area contributed by atoms with Crippen LogP contribution in [0.1, 0.15) is 11.4 Å². The molecule has 0 fully saturated rings. The first-order valence-corrected chi connectivity index (χ1v) is 11.0. The molecular formula is C24H23N5O2S. The Morgan fingerprint density at radius 2 is 1.72 bits per heavy atom. The number of ether oxygens (including phenoxy) is 1. The van der Waals surface area contributed by atoms with Gasteiger partial charge in [-0.15, -0.1) is 10.2 Å². The molecule has 1 amide bonds. The minimum atomic E-state index is -0.141. The molecule has 0 unspecified atom stereocenters. The van der Waals surface area contributed by atoms with Crippen LogP contribution < -0.4 is 15.9 Å². The van der Waals surface area contributed by atoms with E-state index < -0.39 is 0 Å². The molecule has 0 atom stereocenters. The molecule has 1 heterocycles. The lowest BCUT2D eigenvalue weighted by molar-refractivity contribution is -0.113. The van der Waals surface area contributed by atoms with Crippen LogP contribution in [0, 0.1) is 0 Å². The van der Waals surface area contributed by atoms with Crippen LogP contribution in [-0.2, 0) is 11.2 Å². The number of hydrogen-bond acceptors (Lipinski definition) is 6. The van der Waals surface area contributed by atoms with Crippen molar-refractivity contribution in [2.75, 3.05) is 24.0 Å². The summed E-state index contributed by atoms with van der Waals surface area (Å²) in [5.41, 5.74) is 3.81. The van der Waals surface area contributed by atoms with Crippen molar-refractivity contribution in [3.63, 3.8) is 0 Å². The molecule has 0 bridgehead atoms. The molecule has 32 heavy (non-hydrogen) atoms. The molecule has 0 spiro atoms. The number of methoxy groups -OCH3 is 1. The van der Waals surface area contributed by atoms with Crippen LogP contribution in [0.4, 0.5) is 5.69 Å². The van der Waals surface area contributed by atoms with Gasteiger partial charge in [-0.05, 0) is 29.3 Å². The Kier molecular flexibility index (Phi) is 6.72. The van der Waals surface area contributed by atoms with Crippen LogP contribution in [0.15, 0.2) is 84.0 Å². The second-order valence-electron chi connectivity index (χ2n) is 7.04. The normalized spacial score (nSPS) is 10.7. The molecule has 8 heteroatoms. The molecule has 0 saturated heterocycles. The number of benzene rings is 3. The standard InChI is InChI=1S/C24H23N5O2S/c1-31-19-13-11-17(12-14-19)15-22-27-28-24(29(22)25)32-16-23(30)26-21-10-6-5-9-20(21)18-7-3-2-4-8-18/h2-14H,15-16,25H2,1H3,(H,26,30). The van der Waals surface area contributed by atoms with E-state index in [9.17, 15) is 4.79 Å². The number of nitrogens with two attached hydrogens (primary N) is 1. The van der Waals surface area contributed by atoms with Crippen molar-refractivity contribution in [1.29, 1.82) is 0 Å². The van der Waals surface area contributed by atoms with E-state index in [-0.39, 0.29) is 11.7 Å². The lowest BCUT2D eigenvalue weighted by Gasteiger charge is -2.11. The molecule has 0 aliphatic heterocycles. The molecule has 0 aliphatic carbocycles. The first kappa shape index (κ1) is 21.5. The Labute approximate surface area is 190 Å². The predicted octanol–water partition coefficient (Wildman–Crippen LogP) is 3.99. The lowest BCUT2D eigenvalue weighted by atomic mass is 10.0. The number of amides is 1. The highest BCUT2D eigenvalue weighted by atomic mass is 32.2. The maximum absolute atomic E-state index is 12.6. The zero-order valence-electron chi connectivity index (χ0n) is 17.6. The number of hydrogen-bond donors (Lipinski definition) is 2. The van der Waals surface area contributed by atoms with Gasteiger partial charge in [0.2, 0.25) is 11.1 Å². The van der Waals surface area contributed by atoms with Gasteiger partial charge in [0.05, 0.1) is 12.9 Å². The number of nitrogens with zero attached hydrogens (tertiary/aromatic N) is 3. The van der Waals surface area contributed by atoms with Crippen molar-refractivity contribution >= 4 is 23.4 Å². The molecule has 3 aromatic carbocycles. The maximum Gasteiger partial charge on any atom is 0.234 e. The number of nitrogens with one attached hydrogen (secondary N) is 1. The van der Waals surface area contributed by atoms with Crippen molar-refractivity contribution in [3.8, 4) is 16.9 Å². The van der Waals surface area contributed by atoms with E-state index in [1.54, 1.807) is 7.11 Å². The fourth-order valence-corrected chi connectivity index (χ4v) is 3.91. The summed E-state index contributed by atoms with van der Waals surface area (Å²) < 4.78 is 6.61. The Morgan fingerprint density at radius 1 is 1.00 bits per heavy atom. The first-order valence-electron chi connectivity index (χ1n) is 10.0. The van der Waals surface area contributed by atoms with Crippen LogP contribution in [0.2, 0.25) is 0 Å². The highest BCUT2D eigenvalue weighted by Gasteiger charge is 2.14. The van der Waals surface area contributed by atoms with E-state index in [4.69, 9.17) is 10.6 Å². The number of rotatable bonds is 8.